The molecule has 1 heterocycles. The number of para-hydroxylation sites is 1. The molecular weight excluding hydrogens is 188 g/mol. The second-order valence-electron chi connectivity index (χ2n) is 3.27. The molecule has 76 valence electrons. The van der Waals surface area contributed by atoms with Crippen molar-refractivity contribution in [2.24, 2.45) is 0 Å². The first-order valence-corrected chi connectivity index (χ1v) is 4.66. The molecule has 0 saturated carbocycles. The molecule has 2 rings (SSSR count). The molecule has 0 aliphatic heterocycles. The van der Waals surface area contributed by atoms with Crippen molar-refractivity contribution in [1.82, 2.24) is 9.97 Å². The summed E-state index contributed by atoms with van der Waals surface area (Å²) in [6.07, 6.45) is 3.14. The van der Waals surface area contributed by atoms with Crippen LogP contribution in [0.3, 0.4) is 0 Å². The van der Waals surface area contributed by atoms with Crippen molar-refractivity contribution in [2.45, 2.75) is 6.92 Å². The van der Waals surface area contributed by atoms with E-state index in [1.807, 2.05) is 31.2 Å². The van der Waals surface area contributed by atoms with Crippen LogP contribution in [0.15, 0.2) is 36.7 Å². The summed E-state index contributed by atoms with van der Waals surface area (Å²) >= 11 is 0. The van der Waals surface area contributed by atoms with Crippen LogP contribution in [0.4, 0.5) is 17.3 Å². The van der Waals surface area contributed by atoms with Gasteiger partial charge in [-0.3, -0.25) is 0 Å². The fourth-order valence-corrected chi connectivity index (χ4v) is 1.25. The highest BCUT2D eigenvalue weighted by Crippen LogP contribution is 2.17. The van der Waals surface area contributed by atoms with Crippen molar-refractivity contribution in [3.8, 4) is 0 Å². The molecule has 0 radical (unpaired) electrons. The van der Waals surface area contributed by atoms with Crippen LogP contribution in [0.1, 0.15) is 5.56 Å². The molecule has 0 fully saturated rings. The predicted octanol–water partition coefficient (Wildman–Crippen LogP) is 2.11. The van der Waals surface area contributed by atoms with E-state index in [1.165, 1.54) is 6.20 Å². The van der Waals surface area contributed by atoms with E-state index in [4.69, 9.17) is 5.73 Å². The Kier molecular flexibility index (Phi) is 2.49. The van der Waals surface area contributed by atoms with E-state index < -0.39 is 0 Å². The molecule has 1 aromatic carbocycles. The molecule has 0 amide bonds. The zero-order valence-electron chi connectivity index (χ0n) is 8.44. The molecule has 1 aromatic heterocycles. The van der Waals surface area contributed by atoms with E-state index in [0.29, 0.717) is 11.6 Å². The first-order chi connectivity index (χ1) is 7.25. The monoisotopic (exact) mass is 200 g/mol. The van der Waals surface area contributed by atoms with Crippen LogP contribution in [-0.4, -0.2) is 9.97 Å². The molecule has 0 bridgehead atoms. The van der Waals surface area contributed by atoms with Crippen LogP contribution in [0.2, 0.25) is 0 Å². The van der Waals surface area contributed by atoms with Gasteiger partial charge >= 0.3 is 0 Å². The highest BCUT2D eigenvalue weighted by Gasteiger charge is 1.98. The van der Waals surface area contributed by atoms with Gasteiger partial charge in [-0.25, -0.2) is 9.97 Å². The van der Waals surface area contributed by atoms with E-state index in [2.05, 4.69) is 15.3 Å². The summed E-state index contributed by atoms with van der Waals surface area (Å²) in [5.74, 6) is 1.11. The van der Waals surface area contributed by atoms with Gasteiger partial charge in [-0.1, -0.05) is 18.2 Å². The number of aromatic nitrogens is 2. The molecule has 2 aromatic rings. The average Bonchev–Trinajstić information content (AvgIpc) is 2.25. The number of nitrogens with zero attached hydrogens (tertiary/aromatic N) is 2. The van der Waals surface area contributed by atoms with Gasteiger partial charge in [-0.2, -0.15) is 0 Å². The molecule has 15 heavy (non-hydrogen) atoms. The molecule has 0 aliphatic carbocycles. The van der Waals surface area contributed by atoms with Gasteiger partial charge in [0.25, 0.3) is 0 Å². The van der Waals surface area contributed by atoms with Crippen molar-refractivity contribution >= 4 is 17.3 Å². The van der Waals surface area contributed by atoms with Crippen LogP contribution in [-0.2, 0) is 0 Å². The van der Waals surface area contributed by atoms with Gasteiger partial charge < -0.3 is 11.1 Å². The SMILES string of the molecule is Cc1ccccc1Nc1cnc(N)cn1. The number of nitrogens with one attached hydrogen (secondary N) is 1. The highest BCUT2D eigenvalue weighted by molar-refractivity contribution is 5.59. The third kappa shape index (κ3) is 2.22. The maximum Gasteiger partial charge on any atom is 0.149 e. The Morgan fingerprint density at radius 1 is 1.13 bits per heavy atom. The zero-order chi connectivity index (χ0) is 10.7. The molecule has 3 N–H and O–H groups in total. The molecule has 0 saturated heterocycles. The minimum Gasteiger partial charge on any atom is -0.382 e. The largest absolute Gasteiger partial charge is 0.382 e. The number of aryl methyl sites for hydroxylation is 1. The average molecular weight is 200 g/mol. The first-order valence-electron chi connectivity index (χ1n) is 4.66. The Morgan fingerprint density at radius 2 is 1.93 bits per heavy atom. The topological polar surface area (TPSA) is 63.8 Å². The molecule has 4 nitrogen and oxygen atoms in total. The van der Waals surface area contributed by atoms with Gasteiger partial charge in [0.15, 0.2) is 0 Å². The lowest BCUT2D eigenvalue weighted by molar-refractivity contribution is 1.20. The summed E-state index contributed by atoms with van der Waals surface area (Å²) in [5.41, 5.74) is 7.64. The van der Waals surface area contributed by atoms with Gasteiger partial charge in [-0.05, 0) is 18.6 Å². The number of benzene rings is 1. The summed E-state index contributed by atoms with van der Waals surface area (Å²) < 4.78 is 0. The van der Waals surface area contributed by atoms with Crippen molar-refractivity contribution < 1.29 is 0 Å². The van der Waals surface area contributed by atoms with Crippen molar-refractivity contribution in [3.63, 3.8) is 0 Å². The quantitative estimate of drug-likeness (QED) is 0.779. The molecule has 0 aliphatic rings. The Balaban J connectivity index is 2.22. The minimum atomic E-state index is 0.422. The summed E-state index contributed by atoms with van der Waals surface area (Å²) in [6, 6.07) is 8.00. The van der Waals surface area contributed by atoms with Crippen LogP contribution < -0.4 is 11.1 Å². The van der Waals surface area contributed by atoms with E-state index in [-0.39, 0.29) is 0 Å². The van der Waals surface area contributed by atoms with Gasteiger partial charge in [0, 0.05) is 5.69 Å². The molecule has 0 atom stereocenters. The summed E-state index contributed by atoms with van der Waals surface area (Å²) in [4.78, 5) is 8.07. The maximum absolute atomic E-state index is 5.45. The third-order valence-electron chi connectivity index (χ3n) is 2.08. The van der Waals surface area contributed by atoms with Crippen LogP contribution in [0.25, 0.3) is 0 Å². The molecule has 0 unspecified atom stereocenters. The van der Waals surface area contributed by atoms with Crippen LogP contribution in [0, 0.1) is 6.92 Å². The summed E-state index contributed by atoms with van der Waals surface area (Å²) in [6.45, 7) is 2.03. The van der Waals surface area contributed by atoms with Crippen molar-refractivity contribution in [2.75, 3.05) is 11.1 Å². The lowest BCUT2D eigenvalue weighted by atomic mass is 10.2. The second kappa shape index (κ2) is 3.96. The predicted molar refractivity (Wildman–Crippen MR) is 60.9 cm³/mol. The van der Waals surface area contributed by atoms with E-state index in [0.717, 1.165) is 11.3 Å². The highest BCUT2D eigenvalue weighted by atomic mass is 15.0. The fraction of sp³-hybridized carbons (Fsp3) is 0.0909. The Bertz CT molecular complexity index is 450. The normalized spacial score (nSPS) is 9.93. The fourth-order valence-electron chi connectivity index (χ4n) is 1.25. The number of nitrogen functional groups attached to an aromatic ring is 1. The van der Waals surface area contributed by atoms with Crippen LogP contribution >= 0.6 is 0 Å². The second-order valence-corrected chi connectivity index (χ2v) is 3.27. The number of hydrogen-bond acceptors (Lipinski definition) is 4. The Hall–Kier alpha value is -2.10. The smallest absolute Gasteiger partial charge is 0.149 e. The summed E-state index contributed by atoms with van der Waals surface area (Å²) in [7, 11) is 0. The van der Waals surface area contributed by atoms with Crippen molar-refractivity contribution in [3.05, 3.63) is 42.2 Å². The van der Waals surface area contributed by atoms with E-state index >= 15 is 0 Å². The van der Waals surface area contributed by atoms with Crippen LogP contribution in [0.5, 0.6) is 0 Å². The molecule has 4 heteroatoms. The third-order valence-corrected chi connectivity index (χ3v) is 2.08. The Labute approximate surface area is 88.2 Å². The van der Waals surface area contributed by atoms with Gasteiger partial charge in [0.05, 0.1) is 12.4 Å². The maximum atomic E-state index is 5.45. The lowest BCUT2D eigenvalue weighted by Gasteiger charge is -2.07. The standard InChI is InChI=1S/C11H12N4/c1-8-4-2-3-5-9(8)15-11-7-13-10(12)6-14-11/h2-7H,1H3,(H2,12,13)(H,14,15). The van der Waals surface area contributed by atoms with Gasteiger partial charge in [0.1, 0.15) is 11.6 Å². The number of anilines is 3. The van der Waals surface area contributed by atoms with Crippen molar-refractivity contribution in [1.29, 1.82) is 0 Å². The zero-order valence-corrected chi connectivity index (χ0v) is 8.44. The van der Waals surface area contributed by atoms with Gasteiger partial charge in [0.2, 0.25) is 0 Å². The van der Waals surface area contributed by atoms with E-state index in [9.17, 15) is 0 Å². The molecular formula is C11H12N4. The number of nitrogens with two attached hydrogens (primary N) is 1. The number of rotatable bonds is 2. The van der Waals surface area contributed by atoms with Gasteiger partial charge in [-0.15, -0.1) is 0 Å². The lowest BCUT2D eigenvalue weighted by Crippen LogP contribution is -1.98. The minimum absolute atomic E-state index is 0.422. The number of hydrogen-bond donors (Lipinski definition) is 2. The van der Waals surface area contributed by atoms with E-state index in [1.54, 1.807) is 6.20 Å². The summed E-state index contributed by atoms with van der Waals surface area (Å²) in [5, 5.41) is 3.17. The molecule has 0 spiro atoms. The first kappa shape index (κ1) is 9.45. The Morgan fingerprint density at radius 3 is 2.60 bits per heavy atom.